The molecule has 1 saturated heterocycles. The summed E-state index contributed by atoms with van der Waals surface area (Å²) in [6.07, 6.45) is 2.40. The van der Waals surface area contributed by atoms with Crippen LogP contribution in [0.25, 0.3) is 0 Å². The number of halogens is 1. The van der Waals surface area contributed by atoms with Crippen LogP contribution in [0.5, 0.6) is 0 Å². The van der Waals surface area contributed by atoms with Crippen LogP contribution in [0.2, 0.25) is 5.02 Å². The van der Waals surface area contributed by atoms with E-state index in [2.05, 4.69) is 12.2 Å². The summed E-state index contributed by atoms with van der Waals surface area (Å²) < 4.78 is 0. The maximum atomic E-state index is 13.1. The molecule has 29 heavy (non-hydrogen) atoms. The number of carbonyl (C=O) groups excluding carboxylic acids is 3. The molecule has 2 aromatic carbocycles. The number of nitrogens with zero attached hydrogens (tertiary/aromatic N) is 1. The van der Waals surface area contributed by atoms with E-state index in [0.717, 1.165) is 24.8 Å². The summed E-state index contributed by atoms with van der Waals surface area (Å²) in [5.74, 6) is -0.883. The van der Waals surface area contributed by atoms with E-state index in [0.29, 0.717) is 27.9 Å². The lowest BCUT2D eigenvalue weighted by Gasteiger charge is -2.25. The predicted molar refractivity (Wildman–Crippen MR) is 113 cm³/mol. The molecule has 2 fully saturated rings. The Hall–Kier alpha value is -2.66. The van der Waals surface area contributed by atoms with Crippen molar-refractivity contribution in [2.24, 2.45) is 17.8 Å². The average molecular weight is 411 g/mol. The normalized spacial score (nSPS) is 23.8. The molecule has 0 bridgehead atoms. The van der Waals surface area contributed by atoms with Gasteiger partial charge in [0.15, 0.2) is 0 Å². The second-order valence-electron chi connectivity index (χ2n) is 8.03. The van der Waals surface area contributed by atoms with Gasteiger partial charge in [0.05, 0.1) is 23.1 Å². The van der Waals surface area contributed by atoms with Gasteiger partial charge in [-0.2, -0.15) is 0 Å². The van der Waals surface area contributed by atoms with E-state index in [1.165, 1.54) is 4.90 Å². The molecule has 0 unspecified atom stereocenters. The maximum absolute atomic E-state index is 13.1. The van der Waals surface area contributed by atoms with Gasteiger partial charge in [0.1, 0.15) is 0 Å². The molecule has 0 radical (unpaired) electrons. The lowest BCUT2D eigenvalue weighted by molar-refractivity contribution is -0.122. The minimum Gasteiger partial charge on any atom is -0.322 e. The van der Waals surface area contributed by atoms with Crippen molar-refractivity contribution in [3.63, 3.8) is 0 Å². The van der Waals surface area contributed by atoms with Gasteiger partial charge in [-0.05, 0) is 61.9 Å². The molecular weight excluding hydrogens is 388 g/mol. The largest absolute Gasteiger partial charge is 0.322 e. The molecule has 6 heteroatoms. The zero-order valence-electron chi connectivity index (χ0n) is 16.4. The standard InChI is InChI=1S/C23H23ClN2O3/c1-13-10-11-15-17(12-13)23(29)26(22(15)28)20-9-4-3-6-16(20)21(27)25-19-8-5-7-18(24)14(19)2/h3-9,13,15,17H,10-12H2,1-2H3,(H,25,27)/t13-,15+,17+/m0/s1. The van der Waals surface area contributed by atoms with Crippen LogP contribution in [-0.2, 0) is 9.59 Å². The summed E-state index contributed by atoms with van der Waals surface area (Å²) in [5.41, 5.74) is 1.99. The summed E-state index contributed by atoms with van der Waals surface area (Å²) in [6, 6.07) is 12.0. The second-order valence-corrected chi connectivity index (χ2v) is 8.43. The van der Waals surface area contributed by atoms with E-state index in [1.807, 2.05) is 6.92 Å². The Bertz CT molecular complexity index is 1000. The molecule has 150 valence electrons. The first-order chi connectivity index (χ1) is 13.9. The van der Waals surface area contributed by atoms with Crippen molar-refractivity contribution in [2.75, 3.05) is 10.2 Å². The van der Waals surface area contributed by atoms with E-state index in [4.69, 9.17) is 11.6 Å². The van der Waals surface area contributed by atoms with Gasteiger partial charge in [0.2, 0.25) is 11.8 Å². The Balaban J connectivity index is 1.67. The Morgan fingerprint density at radius 2 is 1.76 bits per heavy atom. The van der Waals surface area contributed by atoms with Crippen LogP contribution in [0.15, 0.2) is 42.5 Å². The fourth-order valence-corrected chi connectivity index (χ4v) is 4.59. The van der Waals surface area contributed by atoms with Crippen LogP contribution in [0, 0.1) is 24.7 Å². The van der Waals surface area contributed by atoms with Crippen molar-refractivity contribution < 1.29 is 14.4 Å². The van der Waals surface area contributed by atoms with Gasteiger partial charge in [0.25, 0.3) is 5.91 Å². The minimum absolute atomic E-state index is 0.189. The predicted octanol–water partition coefficient (Wildman–Crippen LogP) is 4.83. The third kappa shape index (κ3) is 3.44. The van der Waals surface area contributed by atoms with Crippen molar-refractivity contribution in [3.05, 3.63) is 58.6 Å². The Morgan fingerprint density at radius 3 is 2.55 bits per heavy atom. The monoisotopic (exact) mass is 410 g/mol. The van der Waals surface area contributed by atoms with Gasteiger partial charge in [0, 0.05) is 10.7 Å². The third-order valence-corrected chi connectivity index (χ3v) is 6.50. The highest BCUT2D eigenvalue weighted by Gasteiger charge is 2.50. The lowest BCUT2D eigenvalue weighted by Crippen LogP contribution is -2.33. The number of benzene rings is 2. The smallest absolute Gasteiger partial charge is 0.257 e. The molecule has 4 rings (SSSR count). The number of fused-ring (bicyclic) bond motifs is 1. The summed E-state index contributed by atoms with van der Waals surface area (Å²) in [6.45, 7) is 3.94. The zero-order valence-corrected chi connectivity index (χ0v) is 17.2. The lowest BCUT2D eigenvalue weighted by atomic mass is 9.76. The molecule has 3 atom stereocenters. The number of imide groups is 1. The van der Waals surface area contributed by atoms with Crippen LogP contribution in [-0.4, -0.2) is 17.7 Å². The molecule has 2 aliphatic rings. The molecule has 1 saturated carbocycles. The molecular formula is C23H23ClN2O3. The SMILES string of the molecule is Cc1c(Cl)cccc1NC(=O)c1ccccc1N1C(=O)[C@@H]2CC[C@H](C)C[C@H]2C1=O. The Labute approximate surface area is 175 Å². The maximum Gasteiger partial charge on any atom is 0.257 e. The fourth-order valence-electron chi connectivity index (χ4n) is 4.42. The highest BCUT2D eigenvalue weighted by atomic mass is 35.5. The van der Waals surface area contributed by atoms with Gasteiger partial charge in [-0.1, -0.05) is 36.7 Å². The minimum atomic E-state index is -0.380. The quantitative estimate of drug-likeness (QED) is 0.737. The molecule has 2 aromatic rings. The first-order valence-corrected chi connectivity index (χ1v) is 10.3. The zero-order chi connectivity index (χ0) is 20.7. The van der Waals surface area contributed by atoms with Crippen LogP contribution >= 0.6 is 11.6 Å². The van der Waals surface area contributed by atoms with E-state index in [1.54, 1.807) is 42.5 Å². The van der Waals surface area contributed by atoms with Gasteiger partial charge in [-0.25, -0.2) is 4.90 Å². The first-order valence-electron chi connectivity index (χ1n) is 9.91. The topological polar surface area (TPSA) is 66.5 Å². The van der Waals surface area contributed by atoms with E-state index >= 15 is 0 Å². The Kier molecular flexibility index (Phi) is 5.17. The molecule has 0 aromatic heterocycles. The van der Waals surface area contributed by atoms with Crippen molar-refractivity contribution >= 4 is 40.7 Å². The van der Waals surface area contributed by atoms with Gasteiger partial charge in [-0.15, -0.1) is 0 Å². The molecule has 0 spiro atoms. The van der Waals surface area contributed by atoms with Crippen molar-refractivity contribution in [3.8, 4) is 0 Å². The van der Waals surface area contributed by atoms with Crippen LogP contribution in [0.3, 0.4) is 0 Å². The summed E-state index contributed by atoms with van der Waals surface area (Å²) in [4.78, 5) is 40.4. The van der Waals surface area contributed by atoms with Crippen molar-refractivity contribution in [1.29, 1.82) is 0 Å². The summed E-state index contributed by atoms with van der Waals surface area (Å²) in [5, 5.41) is 3.41. The summed E-state index contributed by atoms with van der Waals surface area (Å²) >= 11 is 6.15. The Morgan fingerprint density at radius 1 is 1.03 bits per heavy atom. The number of rotatable bonds is 3. The van der Waals surface area contributed by atoms with Gasteiger partial charge in [-0.3, -0.25) is 14.4 Å². The van der Waals surface area contributed by atoms with E-state index in [9.17, 15) is 14.4 Å². The number of carbonyl (C=O) groups is 3. The molecule has 3 amide bonds. The van der Waals surface area contributed by atoms with Crippen LogP contribution in [0.4, 0.5) is 11.4 Å². The highest BCUT2D eigenvalue weighted by Crippen LogP contribution is 2.42. The van der Waals surface area contributed by atoms with Crippen LogP contribution in [0.1, 0.15) is 42.1 Å². The van der Waals surface area contributed by atoms with E-state index < -0.39 is 0 Å². The number of para-hydroxylation sites is 1. The fraction of sp³-hybridized carbons (Fsp3) is 0.348. The molecule has 1 aliphatic heterocycles. The third-order valence-electron chi connectivity index (χ3n) is 6.09. The number of amides is 3. The molecule has 1 aliphatic carbocycles. The molecule has 1 heterocycles. The van der Waals surface area contributed by atoms with Gasteiger partial charge < -0.3 is 5.32 Å². The number of hydrogen-bond acceptors (Lipinski definition) is 3. The number of anilines is 2. The number of hydrogen-bond donors (Lipinski definition) is 1. The van der Waals surface area contributed by atoms with Crippen molar-refractivity contribution in [2.45, 2.75) is 33.1 Å². The summed E-state index contributed by atoms with van der Waals surface area (Å²) in [7, 11) is 0. The van der Waals surface area contributed by atoms with Crippen molar-refractivity contribution in [1.82, 2.24) is 0 Å². The van der Waals surface area contributed by atoms with Gasteiger partial charge >= 0.3 is 0 Å². The number of nitrogens with one attached hydrogen (secondary N) is 1. The average Bonchev–Trinajstić information content (AvgIpc) is 2.95. The first kappa shape index (κ1) is 19.6. The van der Waals surface area contributed by atoms with E-state index in [-0.39, 0.29) is 29.6 Å². The molecule has 1 N–H and O–H groups in total. The van der Waals surface area contributed by atoms with Crippen LogP contribution < -0.4 is 10.2 Å². The second kappa shape index (κ2) is 7.64. The highest BCUT2D eigenvalue weighted by molar-refractivity contribution is 6.32. The molecule has 5 nitrogen and oxygen atoms in total.